The van der Waals surface area contributed by atoms with E-state index in [2.05, 4.69) is 33.5 Å². The summed E-state index contributed by atoms with van der Waals surface area (Å²) in [5.74, 6) is 5.40. The second kappa shape index (κ2) is 12.2. The van der Waals surface area contributed by atoms with Crippen molar-refractivity contribution in [2.45, 2.75) is 90.1 Å². The van der Waals surface area contributed by atoms with Gasteiger partial charge < -0.3 is 9.64 Å². The molecule has 2 aromatic carbocycles. The molecule has 8 heteroatoms. The molecule has 0 spiro atoms. The van der Waals surface area contributed by atoms with Gasteiger partial charge in [-0.15, -0.1) is 5.92 Å². The van der Waals surface area contributed by atoms with Crippen molar-refractivity contribution >= 4 is 27.5 Å². The van der Waals surface area contributed by atoms with Gasteiger partial charge in [0.15, 0.2) is 5.82 Å². The highest BCUT2D eigenvalue weighted by Gasteiger charge is 2.49. The average Bonchev–Trinajstić information content (AvgIpc) is 3.48. The molecule has 7 rings (SSSR count). The van der Waals surface area contributed by atoms with Crippen LogP contribution in [0.25, 0.3) is 32.9 Å². The van der Waals surface area contributed by atoms with Gasteiger partial charge in [-0.25, -0.2) is 8.78 Å². The quantitative estimate of drug-likeness (QED) is 0.207. The van der Waals surface area contributed by atoms with Crippen molar-refractivity contribution in [1.82, 2.24) is 19.9 Å². The summed E-state index contributed by atoms with van der Waals surface area (Å²) in [4.78, 5) is 19.2. The molecule has 3 aliphatic heterocycles. The van der Waals surface area contributed by atoms with Crippen LogP contribution >= 0.6 is 0 Å². The fraction of sp³-hybridized carbons (Fsp3) is 0.486. The largest absolute Gasteiger partial charge is 0.461 e. The van der Waals surface area contributed by atoms with Gasteiger partial charge >= 0.3 is 6.01 Å². The lowest BCUT2D eigenvalue weighted by Crippen LogP contribution is -2.46. The molecule has 0 amide bonds. The topological polar surface area (TPSA) is 54.4 Å². The third-order valence-electron chi connectivity index (χ3n) is 10.2. The number of anilines is 1. The van der Waals surface area contributed by atoms with Gasteiger partial charge in [0.1, 0.15) is 29.5 Å². The Kier molecular flexibility index (Phi) is 8.07. The van der Waals surface area contributed by atoms with E-state index in [0.717, 1.165) is 82.0 Å². The standard InChI is InChI=1S/C37H41F2N5O/c1-4-11-27-30(38)13-12-25-20-24(3)21-28(31(25)27)33-32(39)34-29(22-40-33)35(43-17-8-6-7-9-18-43)42-36(41-34)45-23-37-15-10-19-44(37)26(5-2)14-16-37/h12-13,20-22,26H,5-10,14-19,23H2,1-3H3/t26-,37+/m1/s1. The first-order chi connectivity index (χ1) is 21.9. The van der Waals surface area contributed by atoms with E-state index in [1.807, 2.05) is 19.1 Å². The van der Waals surface area contributed by atoms with Crippen LogP contribution in [0.15, 0.2) is 30.5 Å². The van der Waals surface area contributed by atoms with E-state index in [1.54, 1.807) is 19.2 Å². The van der Waals surface area contributed by atoms with Crippen molar-refractivity contribution in [3.8, 4) is 29.1 Å². The number of hydrogen-bond acceptors (Lipinski definition) is 6. The van der Waals surface area contributed by atoms with Crippen molar-refractivity contribution in [3.63, 3.8) is 0 Å². The van der Waals surface area contributed by atoms with E-state index in [0.29, 0.717) is 34.8 Å². The van der Waals surface area contributed by atoms with Crippen molar-refractivity contribution in [1.29, 1.82) is 0 Å². The summed E-state index contributed by atoms with van der Waals surface area (Å²) >= 11 is 0. The molecule has 0 aliphatic carbocycles. The molecule has 5 heterocycles. The zero-order chi connectivity index (χ0) is 31.1. The SMILES string of the molecule is CC#Cc1c(F)ccc2cc(C)cc(-c3ncc4c(N5CCCCCC5)nc(OC[C@@]56CCCN5[C@H](CC)CC6)nc4c3F)c12. The molecule has 0 bridgehead atoms. The summed E-state index contributed by atoms with van der Waals surface area (Å²) in [6.45, 7) is 9.14. The fourth-order valence-corrected chi connectivity index (χ4v) is 8.06. The molecular weight excluding hydrogens is 568 g/mol. The van der Waals surface area contributed by atoms with E-state index in [9.17, 15) is 0 Å². The van der Waals surface area contributed by atoms with Crippen LogP contribution in [0, 0.1) is 30.4 Å². The highest BCUT2D eigenvalue weighted by molar-refractivity contribution is 6.02. The summed E-state index contributed by atoms with van der Waals surface area (Å²) in [5.41, 5.74) is 1.94. The molecule has 3 fully saturated rings. The van der Waals surface area contributed by atoms with Crippen molar-refractivity contribution < 1.29 is 13.5 Å². The summed E-state index contributed by atoms with van der Waals surface area (Å²) in [6.07, 6.45) is 11.8. The molecule has 0 N–H and O–H groups in total. The van der Waals surface area contributed by atoms with Crippen LogP contribution in [-0.2, 0) is 0 Å². The predicted octanol–water partition coefficient (Wildman–Crippen LogP) is 7.97. The number of rotatable bonds is 6. The molecule has 3 saturated heterocycles. The number of benzene rings is 2. The van der Waals surface area contributed by atoms with Crippen LogP contribution in [0.1, 0.15) is 82.8 Å². The van der Waals surface area contributed by atoms with Crippen LogP contribution in [0.3, 0.4) is 0 Å². The number of nitrogens with zero attached hydrogens (tertiary/aromatic N) is 5. The number of fused-ring (bicyclic) bond motifs is 3. The maximum absolute atomic E-state index is 16.9. The number of aromatic nitrogens is 3. The third kappa shape index (κ3) is 5.29. The first-order valence-electron chi connectivity index (χ1n) is 16.6. The minimum atomic E-state index is -0.560. The number of halogens is 2. The Morgan fingerprint density at radius 2 is 1.84 bits per heavy atom. The number of aryl methyl sites for hydroxylation is 1. The van der Waals surface area contributed by atoms with Gasteiger partial charge in [-0.1, -0.05) is 37.8 Å². The average molecular weight is 610 g/mol. The van der Waals surface area contributed by atoms with Crippen LogP contribution in [0.5, 0.6) is 6.01 Å². The van der Waals surface area contributed by atoms with Gasteiger partial charge in [0.2, 0.25) is 0 Å². The van der Waals surface area contributed by atoms with E-state index in [4.69, 9.17) is 14.7 Å². The van der Waals surface area contributed by atoms with Crippen LogP contribution in [0.4, 0.5) is 14.6 Å². The van der Waals surface area contributed by atoms with Crippen LogP contribution in [0.2, 0.25) is 0 Å². The van der Waals surface area contributed by atoms with Crippen molar-refractivity contribution in [2.75, 3.05) is 31.1 Å². The highest BCUT2D eigenvalue weighted by atomic mass is 19.1. The molecule has 234 valence electrons. The summed E-state index contributed by atoms with van der Waals surface area (Å²) in [7, 11) is 0. The monoisotopic (exact) mass is 609 g/mol. The third-order valence-corrected chi connectivity index (χ3v) is 10.2. The Bertz CT molecular complexity index is 1820. The van der Waals surface area contributed by atoms with Gasteiger partial charge in [-0.2, -0.15) is 9.97 Å². The molecule has 2 aromatic heterocycles. The first kappa shape index (κ1) is 29.9. The lowest BCUT2D eigenvalue weighted by Gasteiger charge is -2.34. The first-order valence-corrected chi connectivity index (χ1v) is 16.6. The highest BCUT2D eigenvalue weighted by Crippen LogP contribution is 2.44. The van der Waals surface area contributed by atoms with Crippen LogP contribution < -0.4 is 9.64 Å². The Balaban J connectivity index is 1.37. The molecule has 2 atom stereocenters. The maximum atomic E-state index is 16.9. The van der Waals surface area contributed by atoms with Crippen molar-refractivity contribution in [3.05, 3.63) is 53.2 Å². The van der Waals surface area contributed by atoms with Gasteiger partial charge in [0.25, 0.3) is 0 Å². The van der Waals surface area contributed by atoms with E-state index in [-0.39, 0.29) is 28.3 Å². The Hall–Kier alpha value is -3.83. The van der Waals surface area contributed by atoms with Gasteiger partial charge in [0, 0.05) is 36.3 Å². The van der Waals surface area contributed by atoms with Gasteiger partial charge in [-0.05, 0) is 88.4 Å². The summed E-state index contributed by atoms with van der Waals surface area (Å²) in [6, 6.07) is 7.73. The minimum Gasteiger partial charge on any atom is -0.461 e. The normalized spacial score (nSPS) is 22.0. The molecule has 45 heavy (non-hydrogen) atoms. The maximum Gasteiger partial charge on any atom is 0.319 e. The number of pyridine rings is 1. The Morgan fingerprint density at radius 1 is 1.02 bits per heavy atom. The second-order valence-corrected chi connectivity index (χ2v) is 13.0. The molecule has 4 aromatic rings. The lowest BCUT2D eigenvalue weighted by molar-refractivity contribution is 0.0836. The molecule has 0 saturated carbocycles. The molecule has 6 nitrogen and oxygen atoms in total. The lowest BCUT2D eigenvalue weighted by atomic mass is 9.94. The number of ether oxygens (including phenoxy) is 1. The smallest absolute Gasteiger partial charge is 0.319 e. The van der Waals surface area contributed by atoms with Gasteiger partial charge in [-0.3, -0.25) is 9.88 Å². The minimum absolute atomic E-state index is 0.00895. The van der Waals surface area contributed by atoms with Gasteiger partial charge in [0.05, 0.1) is 16.5 Å². The number of hydrogen-bond donors (Lipinski definition) is 0. The zero-order valence-corrected chi connectivity index (χ0v) is 26.6. The second-order valence-electron chi connectivity index (χ2n) is 13.0. The Morgan fingerprint density at radius 3 is 2.62 bits per heavy atom. The molecule has 0 unspecified atom stereocenters. The van der Waals surface area contributed by atoms with E-state index < -0.39 is 11.6 Å². The zero-order valence-electron chi connectivity index (χ0n) is 26.6. The summed E-state index contributed by atoms with van der Waals surface area (Å²) in [5, 5.41) is 1.89. The predicted molar refractivity (Wildman–Crippen MR) is 176 cm³/mol. The van der Waals surface area contributed by atoms with E-state index in [1.165, 1.54) is 12.5 Å². The Labute approximate surface area is 264 Å². The summed E-state index contributed by atoms with van der Waals surface area (Å²) < 4.78 is 38.5. The van der Waals surface area contributed by atoms with E-state index >= 15 is 8.78 Å². The fourth-order valence-electron chi connectivity index (χ4n) is 8.06. The molecular formula is C37H41F2N5O. The molecule has 0 radical (unpaired) electrons. The van der Waals surface area contributed by atoms with Crippen molar-refractivity contribution in [2.24, 2.45) is 0 Å². The van der Waals surface area contributed by atoms with Crippen LogP contribution in [-0.4, -0.2) is 57.7 Å². The molecule has 3 aliphatic rings.